The van der Waals surface area contributed by atoms with Gasteiger partial charge >= 0.3 is 0 Å². The van der Waals surface area contributed by atoms with Gasteiger partial charge in [-0.1, -0.05) is 6.07 Å². The fraction of sp³-hybridized carbons (Fsp3) is 0.600. The Morgan fingerprint density at radius 2 is 1.84 bits per heavy atom. The Hall–Kier alpha value is -1.00. The van der Waals surface area contributed by atoms with E-state index in [-0.39, 0.29) is 5.92 Å². The molecule has 1 saturated carbocycles. The number of hydrogen-bond donors (Lipinski definition) is 1. The van der Waals surface area contributed by atoms with Crippen LogP contribution in [0.1, 0.15) is 31.2 Å². The summed E-state index contributed by atoms with van der Waals surface area (Å²) in [7, 11) is 0. The predicted octanol–water partition coefficient (Wildman–Crippen LogP) is 2.66. The Bertz CT molecular complexity index is 469. The zero-order valence-corrected chi connectivity index (χ0v) is 10.9. The standard InChI is InChI=1S/C15H19F2NO/c16-13-6-5-12(9-14(13)17)15(19,11-3-4-11)10-18-7-1-2-8-18/h5-6,9,11,19H,1-4,7-8,10H2. The van der Waals surface area contributed by atoms with Gasteiger partial charge in [-0.2, -0.15) is 0 Å². The van der Waals surface area contributed by atoms with E-state index in [0.717, 1.165) is 50.9 Å². The van der Waals surface area contributed by atoms with Crippen molar-refractivity contribution in [2.24, 2.45) is 5.92 Å². The molecule has 1 aliphatic carbocycles. The van der Waals surface area contributed by atoms with Crippen LogP contribution in [0.25, 0.3) is 0 Å². The van der Waals surface area contributed by atoms with Gasteiger partial charge < -0.3 is 10.0 Å². The second-order valence-corrected chi connectivity index (χ2v) is 5.81. The van der Waals surface area contributed by atoms with Crippen LogP contribution in [0.2, 0.25) is 0 Å². The highest BCUT2D eigenvalue weighted by Gasteiger charge is 2.46. The monoisotopic (exact) mass is 267 g/mol. The Balaban J connectivity index is 1.87. The minimum absolute atomic E-state index is 0.179. The first-order valence-corrected chi connectivity index (χ1v) is 7.00. The summed E-state index contributed by atoms with van der Waals surface area (Å²) in [5.41, 5.74) is -0.514. The fourth-order valence-corrected chi connectivity index (χ4v) is 3.06. The van der Waals surface area contributed by atoms with E-state index in [0.29, 0.717) is 12.1 Å². The van der Waals surface area contributed by atoms with Crippen LogP contribution in [0.4, 0.5) is 8.78 Å². The van der Waals surface area contributed by atoms with Gasteiger partial charge in [0.2, 0.25) is 0 Å². The molecule has 0 aromatic heterocycles. The number of halogens is 2. The number of benzene rings is 1. The predicted molar refractivity (Wildman–Crippen MR) is 68.7 cm³/mol. The summed E-state index contributed by atoms with van der Waals surface area (Å²) >= 11 is 0. The number of aliphatic hydroxyl groups is 1. The molecule has 1 aliphatic heterocycles. The van der Waals surface area contributed by atoms with Gasteiger partial charge in [0.1, 0.15) is 5.60 Å². The third kappa shape index (κ3) is 2.51. The average molecular weight is 267 g/mol. The lowest BCUT2D eigenvalue weighted by molar-refractivity contribution is -0.0162. The molecule has 2 fully saturated rings. The molecule has 0 spiro atoms. The lowest BCUT2D eigenvalue weighted by Crippen LogP contribution is -2.41. The van der Waals surface area contributed by atoms with E-state index in [1.165, 1.54) is 6.07 Å². The summed E-state index contributed by atoms with van der Waals surface area (Å²) in [6.07, 6.45) is 4.23. The first-order chi connectivity index (χ1) is 9.09. The quantitative estimate of drug-likeness (QED) is 0.906. The van der Waals surface area contributed by atoms with E-state index >= 15 is 0 Å². The molecular weight excluding hydrogens is 248 g/mol. The van der Waals surface area contributed by atoms with Crippen LogP contribution in [0.3, 0.4) is 0 Å². The lowest BCUT2D eigenvalue weighted by atomic mass is 9.88. The third-order valence-electron chi connectivity index (χ3n) is 4.34. The normalized spacial score (nSPS) is 23.5. The van der Waals surface area contributed by atoms with Crippen molar-refractivity contribution in [3.8, 4) is 0 Å². The van der Waals surface area contributed by atoms with Crippen LogP contribution in [0.15, 0.2) is 18.2 Å². The molecule has 1 unspecified atom stereocenters. The Kier molecular flexibility index (Phi) is 3.31. The van der Waals surface area contributed by atoms with Crippen LogP contribution in [-0.2, 0) is 5.60 Å². The maximum Gasteiger partial charge on any atom is 0.159 e. The molecule has 2 aliphatic rings. The van der Waals surface area contributed by atoms with Crippen molar-refractivity contribution in [1.82, 2.24) is 4.90 Å². The number of hydrogen-bond acceptors (Lipinski definition) is 2. The van der Waals surface area contributed by atoms with Gasteiger partial charge in [0.05, 0.1) is 0 Å². The van der Waals surface area contributed by atoms with Crippen LogP contribution in [0, 0.1) is 17.6 Å². The smallest absolute Gasteiger partial charge is 0.159 e. The van der Waals surface area contributed by atoms with Crippen molar-refractivity contribution >= 4 is 0 Å². The second kappa shape index (κ2) is 4.84. The summed E-state index contributed by atoms with van der Waals surface area (Å²) in [6, 6.07) is 3.79. The number of rotatable bonds is 4. The van der Waals surface area contributed by atoms with Gasteiger partial charge in [-0.25, -0.2) is 8.78 Å². The van der Waals surface area contributed by atoms with Gasteiger partial charge in [0, 0.05) is 6.54 Å². The van der Waals surface area contributed by atoms with E-state index < -0.39 is 17.2 Å². The molecule has 1 atom stereocenters. The molecule has 0 amide bonds. The van der Waals surface area contributed by atoms with Crippen molar-refractivity contribution in [3.63, 3.8) is 0 Å². The van der Waals surface area contributed by atoms with Crippen molar-refractivity contribution in [2.75, 3.05) is 19.6 Å². The molecule has 1 saturated heterocycles. The maximum absolute atomic E-state index is 13.4. The molecule has 104 valence electrons. The van der Waals surface area contributed by atoms with E-state index in [1.807, 2.05) is 0 Å². The zero-order chi connectivity index (χ0) is 13.5. The molecule has 4 heteroatoms. The van der Waals surface area contributed by atoms with Crippen molar-refractivity contribution < 1.29 is 13.9 Å². The van der Waals surface area contributed by atoms with Crippen LogP contribution >= 0.6 is 0 Å². The van der Waals surface area contributed by atoms with E-state index in [4.69, 9.17) is 0 Å². The summed E-state index contributed by atoms with van der Waals surface area (Å²) in [5, 5.41) is 11.0. The number of β-amino-alcohol motifs (C(OH)–C–C–N with tert-alkyl or cyclic N) is 1. The summed E-state index contributed by atoms with van der Waals surface area (Å²) < 4.78 is 26.4. The summed E-state index contributed by atoms with van der Waals surface area (Å²) in [5.74, 6) is -1.56. The summed E-state index contributed by atoms with van der Waals surface area (Å²) in [6.45, 7) is 2.50. The minimum atomic E-state index is -1.03. The molecular formula is C15H19F2NO. The molecule has 1 N–H and O–H groups in total. The molecule has 0 bridgehead atoms. The Labute approximate surface area is 112 Å². The largest absolute Gasteiger partial charge is 0.384 e. The van der Waals surface area contributed by atoms with Crippen LogP contribution in [-0.4, -0.2) is 29.6 Å². The molecule has 3 rings (SSSR count). The molecule has 1 aromatic carbocycles. The van der Waals surface area contributed by atoms with Crippen molar-refractivity contribution in [2.45, 2.75) is 31.3 Å². The van der Waals surface area contributed by atoms with Crippen LogP contribution < -0.4 is 0 Å². The third-order valence-corrected chi connectivity index (χ3v) is 4.34. The molecule has 1 aromatic rings. The van der Waals surface area contributed by atoms with E-state index in [2.05, 4.69) is 4.90 Å². The second-order valence-electron chi connectivity index (χ2n) is 5.81. The van der Waals surface area contributed by atoms with E-state index in [1.54, 1.807) is 0 Å². The maximum atomic E-state index is 13.4. The van der Waals surface area contributed by atoms with Crippen LogP contribution in [0.5, 0.6) is 0 Å². The molecule has 0 radical (unpaired) electrons. The fourth-order valence-electron chi connectivity index (χ4n) is 3.06. The summed E-state index contributed by atoms with van der Waals surface area (Å²) in [4.78, 5) is 2.22. The van der Waals surface area contributed by atoms with E-state index in [9.17, 15) is 13.9 Å². The highest BCUT2D eigenvalue weighted by atomic mass is 19.2. The number of likely N-dealkylation sites (tertiary alicyclic amines) is 1. The van der Waals surface area contributed by atoms with Gasteiger partial charge in [0.15, 0.2) is 11.6 Å². The van der Waals surface area contributed by atoms with Crippen molar-refractivity contribution in [3.05, 3.63) is 35.4 Å². The highest BCUT2D eigenvalue weighted by molar-refractivity contribution is 5.27. The molecule has 1 heterocycles. The van der Waals surface area contributed by atoms with Crippen molar-refractivity contribution in [1.29, 1.82) is 0 Å². The highest BCUT2D eigenvalue weighted by Crippen LogP contribution is 2.46. The topological polar surface area (TPSA) is 23.5 Å². The molecule has 2 nitrogen and oxygen atoms in total. The zero-order valence-electron chi connectivity index (χ0n) is 10.9. The average Bonchev–Trinajstić information content (AvgIpc) is 3.13. The Morgan fingerprint density at radius 3 is 2.42 bits per heavy atom. The first kappa shape index (κ1) is 13.0. The lowest BCUT2D eigenvalue weighted by Gasteiger charge is -2.33. The molecule has 19 heavy (non-hydrogen) atoms. The van der Waals surface area contributed by atoms with Gasteiger partial charge in [0.25, 0.3) is 0 Å². The first-order valence-electron chi connectivity index (χ1n) is 7.00. The van der Waals surface area contributed by atoms with Gasteiger partial charge in [-0.3, -0.25) is 0 Å². The number of nitrogens with zero attached hydrogens (tertiary/aromatic N) is 1. The minimum Gasteiger partial charge on any atom is -0.384 e. The SMILES string of the molecule is OC(CN1CCCC1)(c1ccc(F)c(F)c1)C1CC1. The van der Waals surface area contributed by atoms with Gasteiger partial charge in [-0.15, -0.1) is 0 Å². The Morgan fingerprint density at radius 1 is 1.16 bits per heavy atom. The van der Waals surface area contributed by atoms with Gasteiger partial charge in [-0.05, 0) is 62.4 Å².